The maximum atomic E-state index is 6.29. The van der Waals surface area contributed by atoms with Gasteiger partial charge in [0, 0.05) is 0 Å². The molecule has 5 rings (SSSR count). The van der Waals surface area contributed by atoms with E-state index in [1.54, 1.807) is 0 Å². The van der Waals surface area contributed by atoms with Crippen molar-refractivity contribution in [1.29, 1.82) is 0 Å². The third-order valence-electron chi connectivity index (χ3n) is 6.46. The van der Waals surface area contributed by atoms with Gasteiger partial charge >= 0.3 is 208 Å². The molecule has 3 aromatic rings. The predicted octanol–water partition coefficient (Wildman–Crippen LogP) is 1.41. The Labute approximate surface area is 207 Å². The van der Waals surface area contributed by atoms with Crippen molar-refractivity contribution < 1.29 is 33.6 Å². The second-order valence-electron chi connectivity index (χ2n) is 9.40. The van der Waals surface area contributed by atoms with Gasteiger partial charge < -0.3 is 0 Å². The van der Waals surface area contributed by atoms with Gasteiger partial charge in [0.1, 0.15) is 0 Å². The molecule has 1 saturated heterocycles. The molecule has 2 aliphatic rings. The summed E-state index contributed by atoms with van der Waals surface area (Å²) in [6, 6.07) is 29.6. The Balaban J connectivity index is 1.46. The zero-order valence-electron chi connectivity index (χ0n) is 19.5. The van der Waals surface area contributed by atoms with E-state index in [2.05, 4.69) is 109 Å². The van der Waals surface area contributed by atoms with Gasteiger partial charge in [0.2, 0.25) is 0 Å². The first-order chi connectivity index (χ1) is 15.8. The van der Waals surface area contributed by atoms with Crippen LogP contribution >= 0.6 is 0 Å². The summed E-state index contributed by atoms with van der Waals surface area (Å²) in [5, 5.41) is 0. The molecule has 0 aliphatic carbocycles. The van der Waals surface area contributed by atoms with Crippen molar-refractivity contribution in [2.45, 2.75) is 45.4 Å². The summed E-state index contributed by atoms with van der Waals surface area (Å²) in [4.78, 5) is 5.16. The molecule has 1 fully saturated rings. The molecule has 2 heterocycles. The number of amidine groups is 1. The maximum absolute atomic E-state index is 6.29. The van der Waals surface area contributed by atoms with Crippen molar-refractivity contribution in [3.05, 3.63) is 102 Å². The van der Waals surface area contributed by atoms with E-state index in [0.29, 0.717) is 0 Å². The fourth-order valence-electron chi connectivity index (χ4n) is 3.85. The van der Waals surface area contributed by atoms with Gasteiger partial charge in [-0.05, 0) is 0 Å². The Bertz CT molecular complexity index is 1210. The average Bonchev–Trinajstić information content (AvgIpc) is 3.32. The molecular formula is C27H28BIN2O2. The van der Waals surface area contributed by atoms with Gasteiger partial charge in [-0.1, -0.05) is 0 Å². The molecular weight excluding hydrogens is 522 g/mol. The van der Waals surface area contributed by atoms with Crippen LogP contribution in [0.25, 0.3) is 0 Å². The number of benzene rings is 3. The second-order valence-corrected chi connectivity index (χ2v) is 12.1. The van der Waals surface area contributed by atoms with Crippen LogP contribution in [-0.4, -0.2) is 30.7 Å². The molecule has 0 unspecified atom stereocenters. The van der Waals surface area contributed by atoms with Gasteiger partial charge in [-0.3, -0.25) is 0 Å². The van der Waals surface area contributed by atoms with Crippen LogP contribution in [0.15, 0.2) is 89.9 Å². The van der Waals surface area contributed by atoms with Gasteiger partial charge in [-0.15, -0.1) is 0 Å². The van der Waals surface area contributed by atoms with Crippen molar-refractivity contribution in [2.75, 3.05) is 0 Å². The fraction of sp³-hybridized carbons (Fsp3) is 0.259. The van der Waals surface area contributed by atoms with Crippen LogP contribution in [0.4, 0.5) is 0 Å². The Morgan fingerprint density at radius 1 is 0.788 bits per heavy atom. The summed E-state index contributed by atoms with van der Waals surface area (Å²) in [7, 11) is -0.367. The van der Waals surface area contributed by atoms with Gasteiger partial charge in [-0.25, -0.2) is 0 Å². The van der Waals surface area contributed by atoms with Gasteiger partial charge in [0.25, 0.3) is 0 Å². The van der Waals surface area contributed by atoms with E-state index in [1.165, 1.54) is 9.28 Å². The van der Waals surface area contributed by atoms with E-state index in [4.69, 9.17) is 14.3 Å². The van der Waals surface area contributed by atoms with Gasteiger partial charge in [-0.2, -0.15) is 0 Å². The minimum absolute atomic E-state index is 0.355. The van der Waals surface area contributed by atoms with E-state index in [9.17, 15) is 0 Å². The molecule has 6 heteroatoms. The minimum atomic E-state index is -0.460. The van der Waals surface area contributed by atoms with Crippen molar-refractivity contribution >= 4 is 22.1 Å². The SMILES string of the molecule is CC1(C)OB(c2cccc(C3=NC(c4ccccc4)=[N+](Cc4ccccc4)[I-]3)c2)OC1(C)C. The number of rotatable bonds is 5. The third-order valence-corrected chi connectivity index (χ3v) is 9.16. The molecule has 168 valence electrons. The van der Waals surface area contributed by atoms with Crippen molar-refractivity contribution in [3.8, 4) is 0 Å². The standard InChI is InChI=1S/C27H28BIN2O2/c1-26(2)27(3,4)33-28(32-26)23-17-11-16-22(18-23)24-29-31(19-20-12-7-5-8-13-20)25(30-24)21-14-9-6-10-15-21/h5-18H,19H2,1-4H3. The molecule has 0 N–H and O–H groups in total. The fourth-order valence-corrected chi connectivity index (χ4v) is 6.53. The van der Waals surface area contributed by atoms with Crippen molar-refractivity contribution in [3.63, 3.8) is 0 Å². The molecule has 0 saturated carbocycles. The Morgan fingerprint density at radius 2 is 1.39 bits per heavy atom. The quantitative estimate of drug-likeness (QED) is 0.274. The summed E-state index contributed by atoms with van der Waals surface area (Å²) < 4.78 is 16.2. The summed E-state index contributed by atoms with van der Waals surface area (Å²) in [6.45, 7) is 9.22. The third kappa shape index (κ3) is 4.56. The molecule has 4 nitrogen and oxygen atoms in total. The van der Waals surface area contributed by atoms with Crippen LogP contribution in [0.1, 0.15) is 44.4 Å². The van der Waals surface area contributed by atoms with Crippen LogP contribution in [0.5, 0.6) is 0 Å². The molecule has 0 spiro atoms. The molecule has 33 heavy (non-hydrogen) atoms. The molecule has 0 radical (unpaired) electrons. The van der Waals surface area contributed by atoms with Crippen LogP contribution < -0.4 is 26.9 Å². The first-order valence-corrected chi connectivity index (χ1v) is 13.3. The van der Waals surface area contributed by atoms with E-state index in [0.717, 1.165) is 29.0 Å². The summed E-state index contributed by atoms with van der Waals surface area (Å²) in [6.07, 6.45) is 0. The van der Waals surface area contributed by atoms with Gasteiger partial charge in [0.15, 0.2) is 0 Å². The van der Waals surface area contributed by atoms with E-state index in [1.807, 2.05) is 6.07 Å². The van der Waals surface area contributed by atoms with E-state index in [-0.39, 0.29) is 18.3 Å². The summed E-state index contributed by atoms with van der Waals surface area (Å²) in [5.74, 6) is 1.06. The number of hydrogen-bond acceptors (Lipinski definition) is 3. The van der Waals surface area contributed by atoms with Crippen molar-refractivity contribution in [1.82, 2.24) is 0 Å². The Hall–Kier alpha value is -2.29. The molecule has 3 aromatic carbocycles. The zero-order chi connectivity index (χ0) is 23.1. The monoisotopic (exact) mass is 550 g/mol. The molecule has 0 aromatic heterocycles. The summed E-state index contributed by atoms with van der Waals surface area (Å²) in [5.41, 5.74) is 3.94. The van der Waals surface area contributed by atoms with Crippen molar-refractivity contribution in [2.24, 2.45) is 4.99 Å². The number of aliphatic imine (C=N–C) groups is 1. The van der Waals surface area contributed by atoms with Crippen LogP contribution in [0.2, 0.25) is 0 Å². The molecule has 0 amide bonds. The summed E-state index contributed by atoms with van der Waals surface area (Å²) >= 11 is -0.460. The Morgan fingerprint density at radius 3 is 2.06 bits per heavy atom. The zero-order valence-corrected chi connectivity index (χ0v) is 21.6. The van der Waals surface area contributed by atoms with E-state index < -0.39 is 21.5 Å². The first-order valence-electron chi connectivity index (χ1n) is 11.3. The molecule has 0 bridgehead atoms. The number of nitrogens with zero attached hydrogens (tertiary/aromatic N) is 2. The molecule has 0 atom stereocenters. The normalized spacial score (nSPS) is 19.4. The predicted molar refractivity (Wildman–Crippen MR) is 130 cm³/mol. The van der Waals surface area contributed by atoms with Crippen LogP contribution in [0, 0.1) is 0 Å². The molecule has 2 aliphatic heterocycles. The number of halogens is 1. The average molecular weight is 550 g/mol. The Kier molecular flexibility index (Phi) is 6.01. The van der Waals surface area contributed by atoms with Gasteiger partial charge in [0.05, 0.1) is 0 Å². The first kappa shape index (κ1) is 22.5. The topological polar surface area (TPSA) is 33.8 Å². The van der Waals surface area contributed by atoms with E-state index >= 15 is 0 Å². The van der Waals surface area contributed by atoms with Crippen LogP contribution in [0.3, 0.4) is 0 Å². The van der Waals surface area contributed by atoms with Crippen LogP contribution in [-0.2, 0) is 15.9 Å². The second kappa shape index (κ2) is 8.82. The number of hydrogen-bond donors (Lipinski definition) is 0.